The zero-order valence-corrected chi connectivity index (χ0v) is 10.5. The van der Waals surface area contributed by atoms with Crippen molar-refractivity contribution >= 4 is 0 Å². The quantitative estimate of drug-likeness (QED) is 0.773. The lowest BCUT2D eigenvalue weighted by Gasteiger charge is -2.17. The highest BCUT2D eigenvalue weighted by Crippen LogP contribution is 2.05. The highest BCUT2D eigenvalue weighted by atomic mass is 16.3. The van der Waals surface area contributed by atoms with Crippen LogP contribution in [-0.2, 0) is 13.0 Å². The molecule has 0 radical (unpaired) electrons. The van der Waals surface area contributed by atoms with Crippen LogP contribution in [0.4, 0.5) is 0 Å². The molecule has 0 aromatic heterocycles. The second-order valence-corrected chi connectivity index (χ2v) is 4.71. The summed E-state index contributed by atoms with van der Waals surface area (Å²) in [5, 5.41) is 12.4. The molecule has 1 unspecified atom stereocenters. The van der Waals surface area contributed by atoms with Crippen LogP contribution in [0.2, 0.25) is 0 Å². The van der Waals surface area contributed by atoms with Crippen molar-refractivity contribution in [2.75, 3.05) is 6.54 Å². The van der Waals surface area contributed by atoms with Crippen molar-refractivity contribution in [1.82, 2.24) is 5.32 Å². The van der Waals surface area contributed by atoms with Crippen molar-refractivity contribution in [2.24, 2.45) is 5.92 Å². The number of aliphatic hydroxyl groups is 1. The fourth-order valence-electron chi connectivity index (χ4n) is 1.49. The Morgan fingerprint density at radius 3 is 2.12 bits per heavy atom. The van der Waals surface area contributed by atoms with Gasteiger partial charge in [-0.15, -0.1) is 0 Å². The fraction of sp³-hybridized carbons (Fsp3) is 0.571. The number of hydrogen-bond acceptors (Lipinski definition) is 2. The lowest BCUT2D eigenvalue weighted by atomic mass is 10.1. The van der Waals surface area contributed by atoms with Crippen molar-refractivity contribution in [3.05, 3.63) is 35.4 Å². The Morgan fingerprint density at radius 2 is 1.62 bits per heavy atom. The molecule has 0 aliphatic heterocycles. The summed E-state index contributed by atoms with van der Waals surface area (Å²) in [4.78, 5) is 0. The van der Waals surface area contributed by atoms with E-state index in [4.69, 9.17) is 5.11 Å². The van der Waals surface area contributed by atoms with Crippen LogP contribution in [0.25, 0.3) is 0 Å². The molecule has 0 saturated carbocycles. The second kappa shape index (κ2) is 6.66. The first-order valence-electron chi connectivity index (χ1n) is 6.05. The van der Waals surface area contributed by atoms with Gasteiger partial charge >= 0.3 is 0 Å². The molecule has 0 fully saturated rings. The lowest BCUT2D eigenvalue weighted by Crippen LogP contribution is -2.32. The first-order chi connectivity index (χ1) is 7.63. The van der Waals surface area contributed by atoms with Gasteiger partial charge in [0.05, 0.1) is 6.61 Å². The minimum atomic E-state index is 0.128. The van der Waals surface area contributed by atoms with Gasteiger partial charge in [-0.25, -0.2) is 0 Å². The summed E-state index contributed by atoms with van der Waals surface area (Å²) in [6, 6.07) is 8.72. The van der Waals surface area contributed by atoms with Crippen molar-refractivity contribution in [3.63, 3.8) is 0 Å². The minimum absolute atomic E-state index is 0.128. The van der Waals surface area contributed by atoms with Crippen molar-refractivity contribution in [1.29, 1.82) is 0 Å². The molecule has 0 bridgehead atoms. The first-order valence-corrected chi connectivity index (χ1v) is 6.05. The maximum absolute atomic E-state index is 8.93. The molecular formula is C14H23NO. The molecule has 2 N–H and O–H groups in total. The SMILES string of the molecule is CC(C)C(C)NCCc1ccc(CO)cc1. The first kappa shape index (κ1) is 13.2. The summed E-state index contributed by atoms with van der Waals surface area (Å²) in [5.41, 5.74) is 2.30. The molecule has 1 aromatic rings. The number of benzene rings is 1. The lowest BCUT2D eigenvalue weighted by molar-refractivity contribution is 0.282. The van der Waals surface area contributed by atoms with Gasteiger partial charge in [-0.05, 0) is 36.9 Å². The van der Waals surface area contributed by atoms with Crippen LogP contribution in [0.5, 0.6) is 0 Å². The minimum Gasteiger partial charge on any atom is -0.392 e. The summed E-state index contributed by atoms with van der Waals surface area (Å²) in [5.74, 6) is 0.678. The third-order valence-corrected chi connectivity index (χ3v) is 3.09. The van der Waals surface area contributed by atoms with Gasteiger partial charge < -0.3 is 10.4 Å². The van der Waals surface area contributed by atoms with E-state index in [9.17, 15) is 0 Å². The zero-order valence-electron chi connectivity index (χ0n) is 10.5. The van der Waals surface area contributed by atoms with E-state index in [0.29, 0.717) is 12.0 Å². The van der Waals surface area contributed by atoms with Crippen molar-refractivity contribution < 1.29 is 5.11 Å². The summed E-state index contributed by atoms with van der Waals surface area (Å²) in [6.45, 7) is 7.82. The van der Waals surface area contributed by atoms with Crippen LogP contribution in [-0.4, -0.2) is 17.7 Å². The van der Waals surface area contributed by atoms with Gasteiger partial charge in [-0.2, -0.15) is 0 Å². The number of rotatable bonds is 6. The molecule has 0 aliphatic rings. The monoisotopic (exact) mass is 221 g/mol. The maximum Gasteiger partial charge on any atom is 0.0681 e. The molecule has 0 aliphatic carbocycles. The normalized spacial score (nSPS) is 13.1. The standard InChI is InChI=1S/C14H23NO/c1-11(2)12(3)15-9-8-13-4-6-14(10-16)7-5-13/h4-7,11-12,15-16H,8-10H2,1-3H3. The highest BCUT2D eigenvalue weighted by molar-refractivity contribution is 5.22. The molecule has 0 amide bonds. The van der Waals surface area contributed by atoms with Gasteiger partial charge in [0.25, 0.3) is 0 Å². The zero-order chi connectivity index (χ0) is 12.0. The van der Waals surface area contributed by atoms with E-state index < -0.39 is 0 Å². The Kier molecular flexibility index (Phi) is 5.50. The molecule has 0 saturated heterocycles. The Balaban J connectivity index is 2.31. The number of hydrogen-bond donors (Lipinski definition) is 2. The smallest absolute Gasteiger partial charge is 0.0681 e. The van der Waals surface area contributed by atoms with E-state index in [-0.39, 0.29) is 6.61 Å². The van der Waals surface area contributed by atoms with Gasteiger partial charge in [-0.3, -0.25) is 0 Å². The van der Waals surface area contributed by atoms with Crippen LogP contribution in [0.1, 0.15) is 31.9 Å². The third kappa shape index (κ3) is 4.33. The number of nitrogens with one attached hydrogen (secondary N) is 1. The molecule has 0 spiro atoms. The van der Waals surface area contributed by atoms with Gasteiger partial charge in [-0.1, -0.05) is 38.1 Å². The van der Waals surface area contributed by atoms with Crippen LogP contribution >= 0.6 is 0 Å². The Morgan fingerprint density at radius 1 is 1.06 bits per heavy atom. The van der Waals surface area contributed by atoms with E-state index in [2.05, 4.69) is 38.2 Å². The fourth-order valence-corrected chi connectivity index (χ4v) is 1.49. The molecule has 0 heterocycles. The van der Waals surface area contributed by atoms with E-state index in [1.165, 1.54) is 5.56 Å². The van der Waals surface area contributed by atoms with Crippen molar-refractivity contribution in [3.8, 4) is 0 Å². The summed E-state index contributed by atoms with van der Waals surface area (Å²) in [7, 11) is 0. The summed E-state index contributed by atoms with van der Waals surface area (Å²) in [6.07, 6.45) is 1.04. The van der Waals surface area contributed by atoms with Crippen LogP contribution in [0.3, 0.4) is 0 Å². The molecule has 90 valence electrons. The average molecular weight is 221 g/mol. The average Bonchev–Trinajstić information content (AvgIpc) is 2.29. The Bertz CT molecular complexity index is 292. The van der Waals surface area contributed by atoms with Crippen LogP contribution < -0.4 is 5.32 Å². The molecule has 1 aromatic carbocycles. The van der Waals surface area contributed by atoms with Crippen LogP contribution in [0.15, 0.2) is 24.3 Å². The van der Waals surface area contributed by atoms with E-state index in [1.54, 1.807) is 0 Å². The van der Waals surface area contributed by atoms with Crippen molar-refractivity contribution in [2.45, 2.75) is 39.8 Å². The third-order valence-electron chi connectivity index (χ3n) is 3.09. The number of aliphatic hydroxyl groups excluding tert-OH is 1. The predicted molar refractivity (Wildman–Crippen MR) is 68.4 cm³/mol. The van der Waals surface area contributed by atoms with E-state index in [0.717, 1.165) is 18.5 Å². The van der Waals surface area contributed by atoms with Gasteiger partial charge in [0.15, 0.2) is 0 Å². The maximum atomic E-state index is 8.93. The van der Waals surface area contributed by atoms with Gasteiger partial charge in [0.2, 0.25) is 0 Å². The Labute approximate surface area is 98.7 Å². The molecule has 1 rings (SSSR count). The second-order valence-electron chi connectivity index (χ2n) is 4.71. The van der Waals surface area contributed by atoms with Crippen LogP contribution in [0, 0.1) is 5.92 Å². The highest BCUT2D eigenvalue weighted by Gasteiger charge is 2.04. The summed E-state index contributed by atoms with van der Waals surface area (Å²) < 4.78 is 0. The molecule has 1 atom stereocenters. The Hall–Kier alpha value is -0.860. The van der Waals surface area contributed by atoms with E-state index in [1.807, 2.05) is 12.1 Å². The topological polar surface area (TPSA) is 32.3 Å². The van der Waals surface area contributed by atoms with Gasteiger partial charge in [0, 0.05) is 6.04 Å². The summed E-state index contributed by atoms with van der Waals surface area (Å²) >= 11 is 0. The molecule has 2 heteroatoms. The largest absolute Gasteiger partial charge is 0.392 e. The molecule has 2 nitrogen and oxygen atoms in total. The van der Waals surface area contributed by atoms with E-state index >= 15 is 0 Å². The van der Waals surface area contributed by atoms with Gasteiger partial charge in [0.1, 0.15) is 0 Å². The molecule has 16 heavy (non-hydrogen) atoms. The molecular weight excluding hydrogens is 198 g/mol. The predicted octanol–water partition coefficient (Wildman–Crippen LogP) is 2.36.